The van der Waals surface area contributed by atoms with Crippen molar-refractivity contribution < 1.29 is 0 Å². The molecule has 18 heavy (non-hydrogen) atoms. The molecular weight excluding hydrogens is 218 g/mol. The van der Waals surface area contributed by atoms with Crippen molar-refractivity contribution in [3.05, 3.63) is 48.7 Å². The van der Waals surface area contributed by atoms with Crippen LogP contribution < -0.4 is 0 Å². The summed E-state index contributed by atoms with van der Waals surface area (Å²) in [6.07, 6.45) is 9.86. The van der Waals surface area contributed by atoms with Crippen LogP contribution in [0, 0.1) is 0 Å². The van der Waals surface area contributed by atoms with Crippen molar-refractivity contribution in [1.82, 2.24) is 4.90 Å². The standard InChI is InChI=1S/C17H27N/c1-6-10-15(5)18-12-9-11-17(18)14(4)13-16(7-2)8-3/h7,13,17H,2,4-6,8-12H2,1,3H3/b16-13+. The molecule has 0 aliphatic carbocycles. The minimum absolute atomic E-state index is 0.450. The molecule has 0 radical (unpaired) electrons. The van der Waals surface area contributed by atoms with E-state index in [1.165, 1.54) is 29.7 Å². The second-order valence-corrected chi connectivity index (χ2v) is 5.02. The molecule has 1 aliphatic heterocycles. The number of nitrogens with zero attached hydrogens (tertiary/aromatic N) is 1. The van der Waals surface area contributed by atoms with Gasteiger partial charge in [-0.05, 0) is 36.8 Å². The average Bonchev–Trinajstić information content (AvgIpc) is 2.85. The first-order chi connectivity index (χ1) is 8.63. The Kier molecular flexibility index (Phi) is 5.97. The zero-order valence-electron chi connectivity index (χ0n) is 12.0. The fourth-order valence-corrected chi connectivity index (χ4v) is 2.60. The predicted molar refractivity (Wildman–Crippen MR) is 81.5 cm³/mol. The highest BCUT2D eigenvalue weighted by Gasteiger charge is 2.26. The van der Waals surface area contributed by atoms with Crippen LogP contribution in [-0.2, 0) is 0 Å². The molecule has 0 amide bonds. The molecule has 1 fully saturated rings. The Morgan fingerprint density at radius 3 is 2.61 bits per heavy atom. The first kappa shape index (κ1) is 14.8. The van der Waals surface area contributed by atoms with E-state index in [0.717, 1.165) is 25.8 Å². The zero-order valence-corrected chi connectivity index (χ0v) is 12.0. The second-order valence-electron chi connectivity index (χ2n) is 5.02. The van der Waals surface area contributed by atoms with Gasteiger partial charge in [0, 0.05) is 12.2 Å². The lowest BCUT2D eigenvalue weighted by atomic mass is 10.0. The van der Waals surface area contributed by atoms with Crippen LogP contribution >= 0.6 is 0 Å². The van der Waals surface area contributed by atoms with E-state index in [0.29, 0.717) is 6.04 Å². The Morgan fingerprint density at radius 2 is 2.06 bits per heavy atom. The van der Waals surface area contributed by atoms with Gasteiger partial charge in [0.1, 0.15) is 0 Å². The van der Waals surface area contributed by atoms with Gasteiger partial charge in [0.05, 0.1) is 6.04 Å². The molecular formula is C17H27N. The van der Waals surface area contributed by atoms with Crippen LogP contribution in [0.2, 0.25) is 0 Å². The Balaban J connectivity index is 2.75. The lowest BCUT2D eigenvalue weighted by Gasteiger charge is -2.29. The van der Waals surface area contributed by atoms with Gasteiger partial charge in [-0.15, -0.1) is 0 Å². The van der Waals surface area contributed by atoms with Crippen LogP contribution in [0.15, 0.2) is 48.7 Å². The number of rotatable bonds is 7. The van der Waals surface area contributed by atoms with Crippen LogP contribution in [-0.4, -0.2) is 17.5 Å². The minimum atomic E-state index is 0.450. The zero-order chi connectivity index (χ0) is 13.5. The van der Waals surface area contributed by atoms with Gasteiger partial charge in [0.15, 0.2) is 0 Å². The van der Waals surface area contributed by atoms with Gasteiger partial charge in [0.2, 0.25) is 0 Å². The van der Waals surface area contributed by atoms with E-state index < -0.39 is 0 Å². The van der Waals surface area contributed by atoms with Crippen molar-refractivity contribution in [3.63, 3.8) is 0 Å². The molecule has 0 spiro atoms. The van der Waals surface area contributed by atoms with Crippen LogP contribution in [0.25, 0.3) is 0 Å². The predicted octanol–water partition coefficient (Wildman–Crippen LogP) is 4.84. The van der Waals surface area contributed by atoms with Gasteiger partial charge in [-0.3, -0.25) is 0 Å². The van der Waals surface area contributed by atoms with Gasteiger partial charge in [-0.25, -0.2) is 0 Å². The van der Waals surface area contributed by atoms with Crippen LogP contribution in [0.5, 0.6) is 0 Å². The van der Waals surface area contributed by atoms with Gasteiger partial charge in [-0.2, -0.15) is 0 Å². The maximum Gasteiger partial charge on any atom is 0.0534 e. The van der Waals surface area contributed by atoms with Crippen molar-refractivity contribution >= 4 is 0 Å². The number of hydrogen-bond donors (Lipinski definition) is 0. The quantitative estimate of drug-likeness (QED) is 0.580. The molecule has 1 heterocycles. The largest absolute Gasteiger partial charge is 0.368 e. The summed E-state index contributed by atoms with van der Waals surface area (Å²) in [5.41, 5.74) is 3.75. The van der Waals surface area contributed by atoms with E-state index in [4.69, 9.17) is 0 Å². The molecule has 1 atom stereocenters. The van der Waals surface area contributed by atoms with E-state index >= 15 is 0 Å². The number of allylic oxidation sites excluding steroid dienone is 3. The molecule has 0 aromatic heterocycles. The van der Waals surface area contributed by atoms with Crippen LogP contribution in [0.1, 0.15) is 46.0 Å². The molecule has 1 saturated heterocycles. The van der Waals surface area contributed by atoms with Crippen molar-refractivity contribution in [3.8, 4) is 0 Å². The van der Waals surface area contributed by atoms with Crippen molar-refractivity contribution in [1.29, 1.82) is 0 Å². The van der Waals surface area contributed by atoms with E-state index in [1.807, 2.05) is 6.08 Å². The van der Waals surface area contributed by atoms with E-state index in [9.17, 15) is 0 Å². The lowest BCUT2D eigenvalue weighted by Crippen LogP contribution is -2.29. The highest BCUT2D eigenvalue weighted by Crippen LogP contribution is 2.29. The molecule has 1 nitrogen and oxygen atoms in total. The molecule has 0 aromatic rings. The fourth-order valence-electron chi connectivity index (χ4n) is 2.60. The minimum Gasteiger partial charge on any atom is -0.368 e. The third-order valence-electron chi connectivity index (χ3n) is 3.67. The van der Waals surface area contributed by atoms with E-state index in [2.05, 4.69) is 44.6 Å². The summed E-state index contributed by atoms with van der Waals surface area (Å²) in [5, 5.41) is 0. The highest BCUT2D eigenvalue weighted by atomic mass is 15.2. The number of likely N-dealkylation sites (tertiary alicyclic amines) is 1. The van der Waals surface area contributed by atoms with Crippen molar-refractivity contribution in [2.45, 2.75) is 52.0 Å². The third kappa shape index (κ3) is 3.63. The van der Waals surface area contributed by atoms with Gasteiger partial charge in [-0.1, -0.05) is 52.2 Å². The van der Waals surface area contributed by atoms with Gasteiger partial charge >= 0.3 is 0 Å². The summed E-state index contributed by atoms with van der Waals surface area (Å²) in [6, 6.07) is 0.450. The van der Waals surface area contributed by atoms with Crippen LogP contribution in [0.3, 0.4) is 0 Å². The normalized spacial score (nSPS) is 20.0. The first-order valence-corrected chi connectivity index (χ1v) is 7.10. The topological polar surface area (TPSA) is 3.24 Å². The first-order valence-electron chi connectivity index (χ1n) is 7.10. The molecule has 1 heteroatoms. The molecule has 100 valence electrons. The Morgan fingerprint density at radius 1 is 1.33 bits per heavy atom. The molecule has 0 saturated carbocycles. The summed E-state index contributed by atoms with van der Waals surface area (Å²) in [7, 11) is 0. The van der Waals surface area contributed by atoms with Crippen LogP contribution in [0.4, 0.5) is 0 Å². The monoisotopic (exact) mass is 245 g/mol. The van der Waals surface area contributed by atoms with Gasteiger partial charge in [0.25, 0.3) is 0 Å². The summed E-state index contributed by atoms with van der Waals surface area (Å²) in [4.78, 5) is 2.44. The van der Waals surface area contributed by atoms with E-state index in [-0.39, 0.29) is 0 Å². The maximum absolute atomic E-state index is 4.26. The maximum atomic E-state index is 4.26. The van der Waals surface area contributed by atoms with Crippen molar-refractivity contribution in [2.24, 2.45) is 0 Å². The van der Waals surface area contributed by atoms with Gasteiger partial charge < -0.3 is 4.90 Å². The number of hydrogen-bond acceptors (Lipinski definition) is 1. The Hall–Kier alpha value is -1.24. The third-order valence-corrected chi connectivity index (χ3v) is 3.67. The smallest absolute Gasteiger partial charge is 0.0534 e. The SMILES string of the molecule is C=C/C(=C\C(=C)C1CCCN1C(=C)CCC)CC. The molecule has 0 N–H and O–H groups in total. The summed E-state index contributed by atoms with van der Waals surface area (Å²) >= 11 is 0. The highest BCUT2D eigenvalue weighted by molar-refractivity contribution is 5.32. The fraction of sp³-hybridized carbons (Fsp3) is 0.529. The molecule has 0 aromatic carbocycles. The molecule has 0 bridgehead atoms. The second kappa shape index (κ2) is 7.25. The van der Waals surface area contributed by atoms with E-state index in [1.54, 1.807) is 0 Å². The average molecular weight is 245 g/mol. The Bertz CT molecular complexity index is 349. The summed E-state index contributed by atoms with van der Waals surface area (Å²) < 4.78 is 0. The molecule has 1 aliphatic rings. The lowest BCUT2D eigenvalue weighted by molar-refractivity contribution is 0.346. The summed E-state index contributed by atoms with van der Waals surface area (Å²) in [5.74, 6) is 0. The molecule has 1 rings (SSSR count). The molecule has 1 unspecified atom stereocenters. The Labute approximate surface area is 113 Å². The summed E-state index contributed by atoms with van der Waals surface area (Å²) in [6.45, 7) is 17.8. The van der Waals surface area contributed by atoms with Crippen molar-refractivity contribution in [2.75, 3.05) is 6.54 Å².